The van der Waals surface area contributed by atoms with Crippen molar-refractivity contribution in [2.24, 2.45) is 0 Å². The highest BCUT2D eigenvalue weighted by Gasteiger charge is 2.00. The first-order chi connectivity index (χ1) is 9.67. The molecule has 2 aromatic carbocycles. The van der Waals surface area contributed by atoms with Crippen LogP contribution in [0.25, 0.3) is 0 Å². The van der Waals surface area contributed by atoms with Crippen LogP contribution in [0.4, 0.5) is 4.39 Å². The molecule has 0 saturated carbocycles. The second-order valence-electron chi connectivity index (χ2n) is 4.56. The van der Waals surface area contributed by atoms with Crippen molar-refractivity contribution < 1.29 is 9.13 Å². The Hall–Kier alpha value is -1.39. The van der Waals surface area contributed by atoms with Crippen molar-refractivity contribution in [3.8, 4) is 5.75 Å². The van der Waals surface area contributed by atoms with Crippen molar-refractivity contribution in [3.63, 3.8) is 0 Å². The smallest absolute Gasteiger partial charge is 0.124 e. The third-order valence-electron chi connectivity index (χ3n) is 2.98. The molecule has 0 atom stereocenters. The van der Waals surface area contributed by atoms with E-state index >= 15 is 0 Å². The molecule has 0 aromatic heterocycles. The molecule has 0 bridgehead atoms. The predicted octanol–water partition coefficient (Wildman–Crippen LogP) is 3.93. The molecule has 4 heteroatoms. The van der Waals surface area contributed by atoms with E-state index in [2.05, 4.69) is 27.3 Å². The SMILES string of the molecule is COc1cccc(CCNCc2cc(F)cc(Br)c2)c1. The van der Waals surface area contributed by atoms with Crippen LogP contribution < -0.4 is 10.1 Å². The molecular formula is C16H17BrFNO. The van der Waals surface area contributed by atoms with Gasteiger partial charge in [-0.15, -0.1) is 0 Å². The summed E-state index contributed by atoms with van der Waals surface area (Å²) in [5, 5.41) is 3.31. The van der Waals surface area contributed by atoms with Gasteiger partial charge in [-0.25, -0.2) is 4.39 Å². The van der Waals surface area contributed by atoms with E-state index in [0.717, 1.165) is 28.8 Å². The number of nitrogens with one attached hydrogen (secondary N) is 1. The number of methoxy groups -OCH3 is 1. The molecule has 1 N–H and O–H groups in total. The van der Waals surface area contributed by atoms with Gasteiger partial charge in [0.1, 0.15) is 11.6 Å². The average Bonchev–Trinajstić information content (AvgIpc) is 2.43. The van der Waals surface area contributed by atoms with Gasteiger partial charge in [0.05, 0.1) is 7.11 Å². The normalized spacial score (nSPS) is 10.6. The maximum Gasteiger partial charge on any atom is 0.124 e. The number of halogens is 2. The van der Waals surface area contributed by atoms with Gasteiger partial charge in [-0.05, 0) is 54.4 Å². The number of hydrogen-bond donors (Lipinski definition) is 1. The van der Waals surface area contributed by atoms with Gasteiger partial charge < -0.3 is 10.1 Å². The first-order valence-electron chi connectivity index (χ1n) is 6.46. The molecule has 0 heterocycles. The van der Waals surface area contributed by atoms with Crippen LogP contribution in [0.5, 0.6) is 5.75 Å². The fourth-order valence-corrected chi connectivity index (χ4v) is 2.52. The topological polar surface area (TPSA) is 21.3 Å². The van der Waals surface area contributed by atoms with Crippen molar-refractivity contribution in [3.05, 3.63) is 63.9 Å². The molecule has 106 valence electrons. The summed E-state index contributed by atoms with van der Waals surface area (Å²) in [6, 6.07) is 12.9. The molecule has 0 aliphatic rings. The van der Waals surface area contributed by atoms with Crippen LogP contribution in [0.2, 0.25) is 0 Å². The van der Waals surface area contributed by atoms with E-state index in [1.807, 2.05) is 24.3 Å². The van der Waals surface area contributed by atoms with Crippen LogP contribution >= 0.6 is 15.9 Å². The third-order valence-corrected chi connectivity index (χ3v) is 3.43. The Kier molecular flexibility index (Phi) is 5.56. The minimum Gasteiger partial charge on any atom is -0.497 e. The minimum absolute atomic E-state index is 0.219. The Balaban J connectivity index is 1.81. The van der Waals surface area contributed by atoms with Crippen molar-refractivity contribution in [1.29, 1.82) is 0 Å². The second kappa shape index (κ2) is 7.41. The van der Waals surface area contributed by atoms with Crippen molar-refractivity contribution in [2.45, 2.75) is 13.0 Å². The summed E-state index contributed by atoms with van der Waals surface area (Å²) in [6.45, 7) is 1.49. The number of ether oxygens (including phenoxy) is 1. The largest absolute Gasteiger partial charge is 0.497 e. The third kappa shape index (κ3) is 4.62. The Morgan fingerprint density at radius 1 is 1.15 bits per heavy atom. The summed E-state index contributed by atoms with van der Waals surface area (Å²) in [5.41, 5.74) is 2.15. The molecule has 2 nitrogen and oxygen atoms in total. The fraction of sp³-hybridized carbons (Fsp3) is 0.250. The van der Waals surface area contributed by atoms with E-state index in [-0.39, 0.29) is 5.82 Å². The van der Waals surface area contributed by atoms with Gasteiger partial charge in [0.2, 0.25) is 0 Å². The van der Waals surface area contributed by atoms with Crippen LogP contribution in [0.3, 0.4) is 0 Å². The summed E-state index contributed by atoms with van der Waals surface area (Å²) in [5.74, 6) is 0.653. The number of benzene rings is 2. The Morgan fingerprint density at radius 2 is 2.00 bits per heavy atom. The molecule has 2 aromatic rings. The molecule has 0 unspecified atom stereocenters. The molecule has 0 amide bonds. The van der Waals surface area contributed by atoms with Crippen LogP contribution in [0.1, 0.15) is 11.1 Å². The fourth-order valence-electron chi connectivity index (χ4n) is 2.01. The highest BCUT2D eigenvalue weighted by molar-refractivity contribution is 9.10. The maximum atomic E-state index is 13.2. The molecule has 20 heavy (non-hydrogen) atoms. The van der Waals surface area contributed by atoms with E-state index in [0.29, 0.717) is 6.54 Å². The van der Waals surface area contributed by atoms with Gasteiger partial charge in [0.15, 0.2) is 0 Å². The molecule has 0 aliphatic carbocycles. The zero-order chi connectivity index (χ0) is 14.4. The van der Waals surface area contributed by atoms with Gasteiger partial charge in [-0.1, -0.05) is 28.1 Å². The van der Waals surface area contributed by atoms with E-state index in [1.165, 1.54) is 11.6 Å². The van der Waals surface area contributed by atoms with Gasteiger partial charge >= 0.3 is 0 Å². The second-order valence-corrected chi connectivity index (χ2v) is 5.47. The lowest BCUT2D eigenvalue weighted by molar-refractivity contribution is 0.414. The minimum atomic E-state index is -0.219. The van der Waals surface area contributed by atoms with Crippen LogP contribution in [-0.4, -0.2) is 13.7 Å². The van der Waals surface area contributed by atoms with Crippen LogP contribution in [0, 0.1) is 5.82 Å². The Morgan fingerprint density at radius 3 is 2.75 bits per heavy atom. The van der Waals surface area contributed by atoms with Gasteiger partial charge in [0, 0.05) is 11.0 Å². The predicted molar refractivity (Wildman–Crippen MR) is 82.5 cm³/mol. The lowest BCUT2D eigenvalue weighted by Gasteiger charge is -2.07. The molecule has 0 saturated heterocycles. The molecule has 0 fully saturated rings. The molecular weight excluding hydrogens is 321 g/mol. The van der Waals surface area contributed by atoms with Crippen LogP contribution in [0.15, 0.2) is 46.9 Å². The average molecular weight is 338 g/mol. The van der Waals surface area contributed by atoms with E-state index in [1.54, 1.807) is 13.2 Å². The van der Waals surface area contributed by atoms with Gasteiger partial charge in [-0.3, -0.25) is 0 Å². The van der Waals surface area contributed by atoms with Crippen molar-refractivity contribution in [2.75, 3.05) is 13.7 Å². The lowest BCUT2D eigenvalue weighted by Crippen LogP contribution is -2.16. The first-order valence-corrected chi connectivity index (χ1v) is 7.25. The quantitative estimate of drug-likeness (QED) is 0.806. The Bertz CT molecular complexity index is 554. The van der Waals surface area contributed by atoms with E-state index in [9.17, 15) is 4.39 Å². The number of hydrogen-bond acceptors (Lipinski definition) is 2. The van der Waals surface area contributed by atoms with Crippen molar-refractivity contribution >= 4 is 15.9 Å². The van der Waals surface area contributed by atoms with Gasteiger partial charge in [-0.2, -0.15) is 0 Å². The lowest BCUT2D eigenvalue weighted by atomic mass is 10.1. The summed E-state index contributed by atoms with van der Waals surface area (Å²) in [7, 11) is 1.67. The molecule has 2 rings (SSSR count). The Labute approximate surface area is 127 Å². The first kappa shape index (κ1) is 15.0. The maximum absolute atomic E-state index is 13.2. The summed E-state index contributed by atoms with van der Waals surface area (Å²) in [6.07, 6.45) is 0.910. The monoisotopic (exact) mass is 337 g/mol. The van der Waals surface area contributed by atoms with E-state index < -0.39 is 0 Å². The zero-order valence-electron chi connectivity index (χ0n) is 11.3. The molecule has 0 radical (unpaired) electrons. The zero-order valence-corrected chi connectivity index (χ0v) is 12.9. The highest BCUT2D eigenvalue weighted by Crippen LogP contribution is 2.15. The summed E-state index contributed by atoms with van der Waals surface area (Å²) in [4.78, 5) is 0. The highest BCUT2D eigenvalue weighted by atomic mass is 79.9. The van der Waals surface area contributed by atoms with E-state index in [4.69, 9.17) is 4.74 Å². The summed E-state index contributed by atoms with van der Waals surface area (Å²) < 4.78 is 19.2. The van der Waals surface area contributed by atoms with Crippen molar-refractivity contribution in [1.82, 2.24) is 5.32 Å². The molecule has 0 spiro atoms. The summed E-state index contributed by atoms with van der Waals surface area (Å²) >= 11 is 3.29. The van der Waals surface area contributed by atoms with Crippen LogP contribution in [-0.2, 0) is 13.0 Å². The standard InChI is InChI=1S/C16H17BrFNO/c1-20-16-4-2-3-12(9-16)5-6-19-11-13-7-14(17)10-15(18)8-13/h2-4,7-10,19H,5-6,11H2,1H3. The number of rotatable bonds is 6. The molecule has 0 aliphatic heterocycles. The van der Waals surface area contributed by atoms with Gasteiger partial charge in [0.25, 0.3) is 0 Å².